The van der Waals surface area contributed by atoms with Crippen LogP contribution in [-0.2, 0) is 6.54 Å². The van der Waals surface area contributed by atoms with Crippen LogP contribution in [0.25, 0.3) is 0 Å². The number of ether oxygens (including phenoxy) is 2. The van der Waals surface area contributed by atoms with E-state index in [2.05, 4.69) is 15.6 Å². The van der Waals surface area contributed by atoms with Gasteiger partial charge in [-0.2, -0.15) is 0 Å². The number of anilines is 1. The van der Waals surface area contributed by atoms with Gasteiger partial charge in [-0.25, -0.2) is 4.99 Å². The van der Waals surface area contributed by atoms with Crippen molar-refractivity contribution in [2.75, 3.05) is 26.1 Å². The van der Waals surface area contributed by atoms with E-state index < -0.39 is 0 Å². The summed E-state index contributed by atoms with van der Waals surface area (Å²) >= 11 is 0. The fourth-order valence-corrected chi connectivity index (χ4v) is 2.35. The highest BCUT2D eigenvalue weighted by atomic mass is 127. The summed E-state index contributed by atoms with van der Waals surface area (Å²) in [6.07, 6.45) is 0. The van der Waals surface area contributed by atoms with Gasteiger partial charge in [0.25, 0.3) is 5.91 Å². The molecule has 0 heterocycles. The van der Waals surface area contributed by atoms with Crippen molar-refractivity contribution in [1.82, 2.24) is 5.32 Å². The SMILES string of the molecule is CCNC(=O)c1cccc(CN=C(N)Nc2ccc(OC)c(OC)c2)c1.I. The second-order valence-electron chi connectivity index (χ2n) is 5.46. The van der Waals surface area contributed by atoms with Crippen molar-refractivity contribution in [2.45, 2.75) is 13.5 Å². The second kappa shape index (κ2) is 11.3. The first-order chi connectivity index (χ1) is 12.6. The molecule has 0 aromatic heterocycles. The first kappa shape index (κ1) is 22.6. The van der Waals surface area contributed by atoms with Gasteiger partial charge in [-0.15, -0.1) is 24.0 Å². The summed E-state index contributed by atoms with van der Waals surface area (Å²) in [6.45, 7) is 2.83. The van der Waals surface area contributed by atoms with E-state index >= 15 is 0 Å². The lowest BCUT2D eigenvalue weighted by atomic mass is 10.1. The molecule has 0 spiro atoms. The first-order valence-electron chi connectivity index (χ1n) is 8.23. The van der Waals surface area contributed by atoms with E-state index in [9.17, 15) is 4.79 Å². The molecular weight excluding hydrogens is 459 g/mol. The van der Waals surface area contributed by atoms with Crippen molar-refractivity contribution < 1.29 is 14.3 Å². The van der Waals surface area contributed by atoms with Crippen LogP contribution in [0.15, 0.2) is 47.5 Å². The average Bonchev–Trinajstić information content (AvgIpc) is 2.66. The van der Waals surface area contributed by atoms with Gasteiger partial charge >= 0.3 is 0 Å². The zero-order chi connectivity index (χ0) is 18.9. The summed E-state index contributed by atoms with van der Waals surface area (Å²) in [5.74, 6) is 1.39. The average molecular weight is 484 g/mol. The zero-order valence-electron chi connectivity index (χ0n) is 15.6. The van der Waals surface area contributed by atoms with Gasteiger partial charge in [0, 0.05) is 23.9 Å². The highest BCUT2D eigenvalue weighted by molar-refractivity contribution is 14.0. The molecule has 1 amide bonds. The number of methoxy groups -OCH3 is 2. The number of guanidine groups is 1. The summed E-state index contributed by atoms with van der Waals surface area (Å²) in [5.41, 5.74) is 8.18. The largest absolute Gasteiger partial charge is 0.493 e. The predicted molar refractivity (Wildman–Crippen MR) is 118 cm³/mol. The fourth-order valence-electron chi connectivity index (χ4n) is 2.35. The van der Waals surface area contributed by atoms with E-state index in [0.29, 0.717) is 30.2 Å². The number of nitrogens with two attached hydrogens (primary N) is 1. The molecule has 0 aliphatic heterocycles. The third-order valence-electron chi connectivity index (χ3n) is 3.61. The van der Waals surface area contributed by atoms with Crippen molar-refractivity contribution in [3.05, 3.63) is 53.6 Å². The Morgan fingerprint density at radius 1 is 1.11 bits per heavy atom. The van der Waals surface area contributed by atoms with Gasteiger partial charge in [0.1, 0.15) is 0 Å². The topological polar surface area (TPSA) is 98.0 Å². The molecule has 0 atom stereocenters. The minimum atomic E-state index is -0.102. The van der Waals surface area contributed by atoms with E-state index in [1.165, 1.54) is 0 Å². The van der Waals surface area contributed by atoms with E-state index in [0.717, 1.165) is 11.3 Å². The van der Waals surface area contributed by atoms with E-state index in [-0.39, 0.29) is 35.8 Å². The number of carbonyl (C=O) groups is 1. The first-order valence-corrected chi connectivity index (χ1v) is 8.23. The maximum absolute atomic E-state index is 11.9. The van der Waals surface area contributed by atoms with Crippen LogP contribution in [0.5, 0.6) is 11.5 Å². The molecule has 7 nitrogen and oxygen atoms in total. The molecule has 2 rings (SSSR count). The monoisotopic (exact) mass is 484 g/mol. The van der Waals surface area contributed by atoms with Gasteiger partial charge in [0.2, 0.25) is 0 Å². The number of halogens is 1. The standard InChI is InChI=1S/C19H24N4O3.HI/c1-4-21-18(24)14-7-5-6-13(10-14)12-22-19(20)23-15-8-9-16(25-2)17(11-15)26-3;/h5-11H,4,12H2,1-3H3,(H,21,24)(H3,20,22,23);1H. The predicted octanol–water partition coefficient (Wildman–Crippen LogP) is 3.00. The molecule has 2 aromatic rings. The lowest BCUT2D eigenvalue weighted by Gasteiger charge is -2.11. The van der Waals surface area contributed by atoms with Gasteiger partial charge in [-0.1, -0.05) is 12.1 Å². The van der Waals surface area contributed by atoms with Crippen LogP contribution in [0, 0.1) is 0 Å². The highest BCUT2D eigenvalue weighted by Gasteiger charge is 2.06. The van der Waals surface area contributed by atoms with Crippen LogP contribution >= 0.6 is 24.0 Å². The molecule has 8 heteroatoms. The fraction of sp³-hybridized carbons (Fsp3) is 0.263. The maximum Gasteiger partial charge on any atom is 0.251 e. The number of hydrogen-bond donors (Lipinski definition) is 3. The summed E-state index contributed by atoms with van der Waals surface area (Å²) in [7, 11) is 3.15. The molecule has 146 valence electrons. The number of nitrogens with one attached hydrogen (secondary N) is 2. The zero-order valence-corrected chi connectivity index (χ0v) is 17.9. The lowest BCUT2D eigenvalue weighted by Crippen LogP contribution is -2.23. The molecule has 0 bridgehead atoms. The Bertz CT molecular complexity index is 796. The molecule has 0 saturated heterocycles. The van der Waals surface area contributed by atoms with Gasteiger partial charge in [-0.05, 0) is 36.8 Å². The van der Waals surface area contributed by atoms with E-state index in [4.69, 9.17) is 15.2 Å². The third-order valence-corrected chi connectivity index (χ3v) is 3.61. The number of benzene rings is 2. The Morgan fingerprint density at radius 2 is 1.85 bits per heavy atom. The summed E-state index contributed by atoms with van der Waals surface area (Å²) in [6, 6.07) is 12.7. The van der Waals surface area contributed by atoms with Crippen LogP contribution in [0.2, 0.25) is 0 Å². The molecule has 0 unspecified atom stereocenters. The van der Waals surface area contributed by atoms with Crippen molar-refractivity contribution in [3.63, 3.8) is 0 Å². The van der Waals surface area contributed by atoms with Crippen LogP contribution in [-0.4, -0.2) is 32.6 Å². The lowest BCUT2D eigenvalue weighted by molar-refractivity contribution is 0.0955. The molecular formula is C19H25IN4O3. The molecule has 0 saturated carbocycles. The smallest absolute Gasteiger partial charge is 0.251 e. The molecule has 4 N–H and O–H groups in total. The number of nitrogens with zero attached hydrogens (tertiary/aromatic N) is 1. The van der Waals surface area contributed by atoms with Crippen LogP contribution in [0.1, 0.15) is 22.8 Å². The summed E-state index contributed by atoms with van der Waals surface area (Å²) < 4.78 is 10.5. The molecule has 0 aliphatic rings. The van der Waals surface area contributed by atoms with Crippen LogP contribution in [0.4, 0.5) is 5.69 Å². The van der Waals surface area contributed by atoms with Crippen LogP contribution in [0.3, 0.4) is 0 Å². The van der Waals surface area contributed by atoms with Crippen molar-refractivity contribution >= 4 is 41.5 Å². The van der Waals surface area contributed by atoms with Gasteiger partial charge in [0.15, 0.2) is 17.5 Å². The Morgan fingerprint density at radius 3 is 2.52 bits per heavy atom. The van der Waals surface area contributed by atoms with E-state index in [1.54, 1.807) is 38.5 Å². The number of carbonyl (C=O) groups excluding carboxylic acids is 1. The van der Waals surface area contributed by atoms with Crippen molar-refractivity contribution in [1.29, 1.82) is 0 Å². The Balaban J connectivity index is 0.00000364. The van der Waals surface area contributed by atoms with Crippen molar-refractivity contribution in [3.8, 4) is 11.5 Å². The van der Waals surface area contributed by atoms with Gasteiger partial charge in [-0.3, -0.25) is 4.79 Å². The molecule has 2 aromatic carbocycles. The second-order valence-corrected chi connectivity index (χ2v) is 5.46. The molecule has 0 aliphatic carbocycles. The number of hydrogen-bond acceptors (Lipinski definition) is 4. The number of amides is 1. The van der Waals surface area contributed by atoms with Crippen molar-refractivity contribution in [2.24, 2.45) is 10.7 Å². The number of rotatable bonds is 7. The van der Waals surface area contributed by atoms with Crippen LogP contribution < -0.4 is 25.8 Å². The minimum Gasteiger partial charge on any atom is -0.493 e. The Hall–Kier alpha value is -2.49. The van der Waals surface area contributed by atoms with Gasteiger partial charge < -0.3 is 25.8 Å². The number of aliphatic imine (C=N–C) groups is 1. The molecule has 0 radical (unpaired) electrons. The molecule has 27 heavy (non-hydrogen) atoms. The Labute approximate surface area is 176 Å². The molecule has 0 fully saturated rings. The highest BCUT2D eigenvalue weighted by Crippen LogP contribution is 2.29. The quantitative estimate of drug-likeness (QED) is 0.319. The van der Waals surface area contributed by atoms with E-state index in [1.807, 2.05) is 25.1 Å². The third kappa shape index (κ3) is 6.63. The Kier molecular flexibility index (Phi) is 9.41. The summed E-state index contributed by atoms with van der Waals surface area (Å²) in [4.78, 5) is 16.2. The minimum absolute atomic E-state index is 0. The summed E-state index contributed by atoms with van der Waals surface area (Å²) in [5, 5.41) is 5.78. The normalized spacial score (nSPS) is 10.6. The maximum atomic E-state index is 11.9. The van der Waals surface area contributed by atoms with Gasteiger partial charge in [0.05, 0.1) is 20.8 Å².